The number of esters is 1. The van der Waals surface area contributed by atoms with Crippen molar-refractivity contribution in [2.24, 2.45) is 0 Å². The fraction of sp³-hybridized carbons (Fsp3) is 0.143. The van der Waals surface area contributed by atoms with Gasteiger partial charge in [0.2, 0.25) is 5.78 Å². The Morgan fingerprint density at radius 3 is 2.62 bits per heavy atom. The molecule has 0 aliphatic carbocycles. The minimum absolute atomic E-state index is 0.162. The zero-order chi connectivity index (χ0) is 20.4. The van der Waals surface area contributed by atoms with E-state index in [1.54, 1.807) is 16.5 Å². The fourth-order valence-electron chi connectivity index (χ4n) is 3.20. The number of hydrogen-bond donors (Lipinski definition) is 0. The lowest BCUT2D eigenvalue weighted by atomic mass is 10.1. The van der Waals surface area contributed by atoms with Gasteiger partial charge >= 0.3 is 5.97 Å². The van der Waals surface area contributed by atoms with Gasteiger partial charge in [0, 0.05) is 6.54 Å². The predicted octanol–water partition coefficient (Wildman–Crippen LogP) is 3.24. The quantitative estimate of drug-likeness (QED) is 0.278. The van der Waals surface area contributed by atoms with Crippen molar-refractivity contribution in [1.82, 2.24) is 19.2 Å². The van der Waals surface area contributed by atoms with Crippen molar-refractivity contribution in [3.05, 3.63) is 83.2 Å². The summed E-state index contributed by atoms with van der Waals surface area (Å²) < 4.78 is 8.32. The maximum atomic E-state index is 12.9. The SMILES string of the molecule is C=CCn1c(=O)c2ccccc2n2c(SC(C(=O)OC)c3ccccc3)nnc12. The molecule has 0 bridgehead atoms. The number of allylic oxidation sites excluding steroid dienone is 1. The number of carbonyl (C=O) groups excluding carboxylic acids is 1. The zero-order valence-corrected chi connectivity index (χ0v) is 16.5. The summed E-state index contributed by atoms with van der Waals surface area (Å²) in [6.07, 6.45) is 1.64. The molecule has 1 unspecified atom stereocenters. The molecule has 1 atom stereocenters. The molecule has 0 saturated heterocycles. The number of rotatable bonds is 6. The number of benzene rings is 2. The van der Waals surface area contributed by atoms with Crippen molar-refractivity contribution < 1.29 is 9.53 Å². The summed E-state index contributed by atoms with van der Waals surface area (Å²) in [5.41, 5.74) is 1.31. The number of carbonyl (C=O) groups is 1. The van der Waals surface area contributed by atoms with Crippen LogP contribution in [-0.4, -0.2) is 32.2 Å². The van der Waals surface area contributed by atoms with Gasteiger partial charge in [-0.25, -0.2) is 0 Å². The number of fused-ring (bicyclic) bond motifs is 3. The molecule has 29 heavy (non-hydrogen) atoms. The highest BCUT2D eigenvalue weighted by Crippen LogP contribution is 2.36. The van der Waals surface area contributed by atoms with E-state index in [1.807, 2.05) is 48.5 Å². The highest BCUT2D eigenvalue weighted by Gasteiger charge is 2.26. The summed E-state index contributed by atoms with van der Waals surface area (Å²) >= 11 is 1.23. The Kier molecular flexibility index (Phi) is 5.18. The fourth-order valence-corrected chi connectivity index (χ4v) is 4.27. The van der Waals surface area contributed by atoms with Gasteiger partial charge < -0.3 is 4.74 Å². The number of hydrogen-bond acceptors (Lipinski definition) is 6. The largest absolute Gasteiger partial charge is 0.468 e. The molecule has 0 aliphatic rings. The first-order valence-corrected chi connectivity index (χ1v) is 9.80. The summed E-state index contributed by atoms with van der Waals surface area (Å²) in [5, 5.41) is 8.94. The van der Waals surface area contributed by atoms with Gasteiger partial charge in [0.05, 0.1) is 18.0 Å². The van der Waals surface area contributed by atoms with Gasteiger partial charge in [-0.3, -0.25) is 18.6 Å². The van der Waals surface area contributed by atoms with E-state index in [9.17, 15) is 9.59 Å². The highest BCUT2D eigenvalue weighted by molar-refractivity contribution is 8.00. The Bertz CT molecular complexity index is 1260. The van der Waals surface area contributed by atoms with E-state index in [2.05, 4.69) is 16.8 Å². The van der Waals surface area contributed by atoms with Gasteiger partial charge in [0.15, 0.2) is 5.16 Å². The summed E-state index contributed by atoms with van der Waals surface area (Å²) in [6.45, 7) is 4.03. The van der Waals surface area contributed by atoms with Crippen LogP contribution in [0.25, 0.3) is 16.7 Å². The van der Waals surface area contributed by atoms with E-state index in [1.165, 1.54) is 23.4 Å². The molecule has 0 N–H and O–H groups in total. The van der Waals surface area contributed by atoms with E-state index in [0.29, 0.717) is 28.4 Å². The van der Waals surface area contributed by atoms with Crippen LogP contribution in [0.15, 0.2) is 77.2 Å². The van der Waals surface area contributed by atoms with Gasteiger partial charge in [-0.2, -0.15) is 0 Å². The summed E-state index contributed by atoms with van der Waals surface area (Å²) in [5.74, 6) is 0.00875. The molecule has 0 radical (unpaired) electrons. The molecule has 8 heteroatoms. The lowest BCUT2D eigenvalue weighted by molar-refractivity contribution is -0.140. The van der Waals surface area contributed by atoms with Gasteiger partial charge in [-0.1, -0.05) is 60.3 Å². The number of para-hydroxylation sites is 1. The molecule has 146 valence electrons. The number of aromatic nitrogens is 4. The monoisotopic (exact) mass is 406 g/mol. The molecular weight excluding hydrogens is 388 g/mol. The van der Waals surface area contributed by atoms with E-state index in [0.717, 1.165) is 5.56 Å². The molecular formula is C21H18N4O3S. The van der Waals surface area contributed by atoms with Crippen molar-refractivity contribution in [2.75, 3.05) is 7.11 Å². The van der Waals surface area contributed by atoms with Crippen LogP contribution in [0, 0.1) is 0 Å². The average Bonchev–Trinajstić information content (AvgIpc) is 3.18. The van der Waals surface area contributed by atoms with Gasteiger partial charge in [-0.05, 0) is 17.7 Å². The second-order valence-electron chi connectivity index (χ2n) is 6.27. The first kappa shape index (κ1) is 18.9. The Morgan fingerprint density at radius 2 is 1.90 bits per heavy atom. The number of nitrogens with zero attached hydrogens (tertiary/aromatic N) is 4. The van der Waals surface area contributed by atoms with Crippen molar-refractivity contribution in [3.63, 3.8) is 0 Å². The first-order chi connectivity index (χ1) is 14.2. The molecule has 0 saturated carbocycles. The Morgan fingerprint density at radius 1 is 1.17 bits per heavy atom. The second-order valence-corrected chi connectivity index (χ2v) is 7.34. The van der Waals surface area contributed by atoms with Crippen LogP contribution in [0.5, 0.6) is 0 Å². The van der Waals surface area contributed by atoms with Gasteiger partial charge in [0.1, 0.15) is 5.25 Å². The number of ether oxygens (including phenoxy) is 1. The molecule has 2 aromatic heterocycles. The Labute approximate surface area is 170 Å². The van der Waals surface area contributed by atoms with E-state index < -0.39 is 5.25 Å². The first-order valence-electron chi connectivity index (χ1n) is 8.92. The minimum atomic E-state index is -0.618. The van der Waals surface area contributed by atoms with Crippen LogP contribution in [0.4, 0.5) is 0 Å². The van der Waals surface area contributed by atoms with Crippen LogP contribution < -0.4 is 5.56 Å². The third-order valence-corrected chi connectivity index (χ3v) is 5.71. The normalized spacial score (nSPS) is 12.2. The Balaban J connectivity index is 1.94. The lowest BCUT2D eigenvalue weighted by Crippen LogP contribution is -2.22. The third kappa shape index (κ3) is 3.31. The number of thioether (sulfide) groups is 1. The predicted molar refractivity (Wildman–Crippen MR) is 112 cm³/mol. The molecule has 0 spiro atoms. The number of methoxy groups -OCH3 is 1. The maximum Gasteiger partial charge on any atom is 0.323 e. The standard InChI is InChI=1S/C21H18N4O3S/c1-3-13-24-18(26)15-11-7-8-12-16(15)25-20(24)22-23-21(25)29-17(19(27)28-2)14-9-5-4-6-10-14/h3-12,17H,1,13H2,2H3. The van der Waals surface area contributed by atoms with E-state index in [-0.39, 0.29) is 11.5 Å². The van der Waals surface area contributed by atoms with Gasteiger partial charge in [0.25, 0.3) is 5.56 Å². The second kappa shape index (κ2) is 7.92. The smallest absolute Gasteiger partial charge is 0.323 e. The zero-order valence-electron chi connectivity index (χ0n) is 15.7. The van der Waals surface area contributed by atoms with Crippen molar-refractivity contribution in [3.8, 4) is 0 Å². The molecule has 4 rings (SSSR count). The average molecular weight is 406 g/mol. The molecule has 0 aliphatic heterocycles. The van der Waals surface area contributed by atoms with E-state index >= 15 is 0 Å². The molecule has 2 aromatic carbocycles. The van der Waals surface area contributed by atoms with Crippen molar-refractivity contribution >= 4 is 34.4 Å². The van der Waals surface area contributed by atoms with Gasteiger partial charge in [-0.15, -0.1) is 16.8 Å². The van der Waals surface area contributed by atoms with E-state index in [4.69, 9.17) is 4.74 Å². The van der Waals surface area contributed by atoms with Crippen molar-refractivity contribution in [2.45, 2.75) is 17.0 Å². The maximum absolute atomic E-state index is 12.9. The van der Waals surface area contributed by atoms with Crippen molar-refractivity contribution in [1.29, 1.82) is 0 Å². The third-order valence-electron chi connectivity index (χ3n) is 4.53. The Hall–Kier alpha value is -3.39. The molecule has 0 fully saturated rings. The highest BCUT2D eigenvalue weighted by atomic mass is 32.2. The lowest BCUT2D eigenvalue weighted by Gasteiger charge is -2.14. The van der Waals surface area contributed by atoms with Crippen LogP contribution in [0.2, 0.25) is 0 Å². The molecule has 7 nitrogen and oxygen atoms in total. The van der Waals surface area contributed by atoms with Crippen LogP contribution >= 0.6 is 11.8 Å². The summed E-state index contributed by atoms with van der Waals surface area (Å²) in [7, 11) is 1.36. The van der Waals surface area contributed by atoms with Crippen LogP contribution in [-0.2, 0) is 16.1 Å². The summed E-state index contributed by atoms with van der Waals surface area (Å²) in [6, 6.07) is 16.6. The van der Waals surface area contributed by atoms with Crippen LogP contribution in [0.3, 0.4) is 0 Å². The molecule has 2 heterocycles. The minimum Gasteiger partial charge on any atom is -0.468 e. The summed E-state index contributed by atoms with van der Waals surface area (Å²) in [4.78, 5) is 25.4. The van der Waals surface area contributed by atoms with Crippen LogP contribution in [0.1, 0.15) is 10.8 Å². The molecule has 0 amide bonds. The topological polar surface area (TPSA) is 78.5 Å². The molecule has 4 aromatic rings.